The molecule has 1 unspecified atom stereocenters. The van der Waals surface area contributed by atoms with E-state index in [2.05, 4.69) is 0 Å². The second-order valence-corrected chi connectivity index (χ2v) is 4.29. The maximum absolute atomic E-state index is 12.0. The number of carboxylic acids is 1. The van der Waals surface area contributed by atoms with Gasteiger partial charge < -0.3 is 20.5 Å². The third-order valence-corrected chi connectivity index (χ3v) is 2.79. The van der Waals surface area contributed by atoms with Crippen molar-refractivity contribution < 1.29 is 19.4 Å². The predicted octanol–water partition coefficient (Wildman–Crippen LogP) is -0.184. The zero-order chi connectivity index (χ0) is 12.8. The fourth-order valence-electron chi connectivity index (χ4n) is 1.66. The summed E-state index contributed by atoms with van der Waals surface area (Å²) < 4.78 is 4.95. The van der Waals surface area contributed by atoms with E-state index in [0.717, 1.165) is 12.8 Å². The van der Waals surface area contributed by atoms with Crippen LogP contribution in [0.25, 0.3) is 0 Å². The first kappa shape index (κ1) is 13.9. The van der Waals surface area contributed by atoms with Gasteiger partial charge >= 0.3 is 5.97 Å². The van der Waals surface area contributed by atoms with E-state index in [1.807, 2.05) is 0 Å². The number of ether oxygens (including phenoxy) is 1. The quantitative estimate of drug-likeness (QED) is 0.617. The Hall–Kier alpha value is -1.14. The van der Waals surface area contributed by atoms with Crippen molar-refractivity contribution in [3.63, 3.8) is 0 Å². The molecule has 1 fully saturated rings. The van der Waals surface area contributed by atoms with Gasteiger partial charge in [-0.25, -0.2) is 0 Å². The highest BCUT2D eigenvalue weighted by atomic mass is 16.5. The molecule has 0 spiro atoms. The van der Waals surface area contributed by atoms with Crippen molar-refractivity contribution in [3.8, 4) is 0 Å². The molecule has 17 heavy (non-hydrogen) atoms. The number of carbonyl (C=O) groups is 2. The van der Waals surface area contributed by atoms with Crippen LogP contribution >= 0.6 is 0 Å². The number of carboxylic acid groups (broad SMARTS) is 1. The highest BCUT2D eigenvalue weighted by Crippen LogP contribution is 2.27. The number of hydrogen-bond acceptors (Lipinski definition) is 4. The molecular weight excluding hydrogens is 224 g/mol. The summed E-state index contributed by atoms with van der Waals surface area (Å²) in [6.07, 6.45) is 2.11. The van der Waals surface area contributed by atoms with Gasteiger partial charge in [0.05, 0.1) is 12.6 Å². The highest BCUT2D eigenvalue weighted by molar-refractivity contribution is 5.82. The molecule has 3 N–H and O–H groups in total. The topological polar surface area (TPSA) is 92.9 Å². The van der Waals surface area contributed by atoms with Gasteiger partial charge in [0.1, 0.15) is 0 Å². The molecule has 0 bridgehead atoms. The summed E-state index contributed by atoms with van der Waals surface area (Å²) in [6.45, 7) is 1.01. The molecule has 0 saturated heterocycles. The molecular formula is C11H20N2O4. The van der Waals surface area contributed by atoms with Crippen molar-refractivity contribution in [2.45, 2.75) is 37.8 Å². The molecule has 1 amide bonds. The van der Waals surface area contributed by atoms with E-state index in [1.165, 1.54) is 0 Å². The zero-order valence-corrected chi connectivity index (χ0v) is 10.1. The van der Waals surface area contributed by atoms with Crippen molar-refractivity contribution in [2.75, 3.05) is 20.3 Å². The molecule has 0 aromatic rings. The number of carbonyl (C=O) groups excluding carboxylic acids is 1. The Morgan fingerprint density at radius 3 is 2.65 bits per heavy atom. The van der Waals surface area contributed by atoms with Gasteiger partial charge in [-0.3, -0.25) is 9.59 Å². The summed E-state index contributed by atoms with van der Waals surface area (Å²) in [6, 6.07) is -0.447. The zero-order valence-electron chi connectivity index (χ0n) is 10.1. The van der Waals surface area contributed by atoms with Gasteiger partial charge in [0.15, 0.2) is 0 Å². The van der Waals surface area contributed by atoms with Crippen molar-refractivity contribution in [1.29, 1.82) is 0 Å². The molecule has 1 aliphatic rings. The second kappa shape index (κ2) is 6.56. The minimum absolute atomic E-state index is 0.0737. The predicted molar refractivity (Wildman–Crippen MR) is 61.5 cm³/mol. The van der Waals surface area contributed by atoms with Gasteiger partial charge in [0, 0.05) is 26.1 Å². The Balaban J connectivity index is 2.42. The average Bonchev–Trinajstić information content (AvgIpc) is 3.10. The summed E-state index contributed by atoms with van der Waals surface area (Å²) in [5, 5.41) is 8.55. The van der Waals surface area contributed by atoms with Crippen LogP contribution in [0.4, 0.5) is 0 Å². The molecule has 6 heteroatoms. The van der Waals surface area contributed by atoms with E-state index in [1.54, 1.807) is 12.0 Å². The van der Waals surface area contributed by atoms with Gasteiger partial charge in [-0.15, -0.1) is 0 Å². The molecule has 0 radical (unpaired) electrons. The van der Waals surface area contributed by atoms with E-state index in [4.69, 9.17) is 15.6 Å². The van der Waals surface area contributed by atoms with Crippen molar-refractivity contribution in [1.82, 2.24) is 4.90 Å². The van der Waals surface area contributed by atoms with E-state index < -0.39 is 12.0 Å². The van der Waals surface area contributed by atoms with E-state index in [-0.39, 0.29) is 24.8 Å². The summed E-state index contributed by atoms with van der Waals surface area (Å²) in [7, 11) is 1.58. The van der Waals surface area contributed by atoms with Crippen LogP contribution in [0.1, 0.15) is 25.7 Å². The number of nitrogens with zero attached hydrogens (tertiary/aromatic N) is 1. The highest BCUT2D eigenvalue weighted by Gasteiger charge is 2.34. The number of nitrogens with two attached hydrogens (primary N) is 1. The Morgan fingerprint density at radius 2 is 2.18 bits per heavy atom. The van der Waals surface area contributed by atoms with Crippen LogP contribution in [0, 0.1) is 0 Å². The Morgan fingerprint density at radius 1 is 1.53 bits per heavy atom. The minimum atomic E-state index is -0.928. The van der Waals surface area contributed by atoms with Gasteiger partial charge in [0.2, 0.25) is 5.91 Å². The molecule has 1 atom stereocenters. The largest absolute Gasteiger partial charge is 0.481 e. The van der Waals surface area contributed by atoms with E-state index in [9.17, 15) is 9.59 Å². The first-order valence-corrected chi connectivity index (χ1v) is 5.83. The molecule has 0 aromatic heterocycles. The second-order valence-electron chi connectivity index (χ2n) is 4.29. The van der Waals surface area contributed by atoms with Gasteiger partial charge in [-0.05, 0) is 19.3 Å². The number of hydrogen-bond donors (Lipinski definition) is 2. The smallest absolute Gasteiger partial charge is 0.303 e. The molecule has 0 heterocycles. The Kier molecular flexibility index (Phi) is 5.37. The fourth-order valence-corrected chi connectivity index (χ4v) is 1.66. The lowest BCUT2D eigenvalue weighted by molar-refractivity contribution is -0.138. The van der Waals surface area contributed by atoms with Crippen LogP contribution in [0.15, 0.2) is 0 Å². The standard InChI is InChI=1S/C11H20N2O4/c1-17-7-6-13(8-2-3-8)11(16)9(12)4-5-10(14)15/h8-9H,2-7,12H2,1H3,(H,14,15). The van der Waals surface area contributed by atoms with Crippen LogP contribution < -0.4 is 5.73 Å². The SMILES string of the molecule is COCCN(C(=O)C(N)CCC(=O)O)C1CC1. The van der Waals surface area contributed by atoms with Gasteiger partial charge in [-0.1, -0.05) is 0 Å². The molecule has 98 valence electrons. The average molecular weight is 244 g/mol. The maximum Gasteiger partial charge on any atom is 0.303 e. The lowest BCUT2D eigenvalue weighted by Crippen LogP contribution is -2.46. The van der Waals surface area contributed by atoms with Crippen LogP contribution in [0.3, 0.4) is 0 Å². The fraction of sp³-hybridized carbons (Fsp3) is 0.818. The van der Waals surface area contributed by atoms with Gasteiger partial charge in [0.25, 0.3) is 0 Å². The number of amides is 1. The number of rotatable bonds is 8. The summed E-state index contributed by atoms with van der Waals surface area (Å²) in [4.78, 5) is 24.1. The molecule has 1 aliphatic carbocycles. The lowest BCUT2D eigenvalue weighted by atomic mass is 10.1. The molecule has 1 rings (SSSR count). The van der Waals surface area contributed by atoms with Gasteiger partial charge in [-0.2, -0.15) is 0 Å². The molecule has 0 aromatic carbocycles. The van der Waals surface area contributed by atoms with Crippen molar-refractivity contribution in [2.24, 2.45) is 5.73 Å². The van der Waals surface area contributed by atoms with E-state index >= 15 is 0 Å². The maximum atomic E-state index is 12.0. The van der Waals surface area contributed by atoms with Crippen LogP contribution in [-0.2, 0) is 14.3 Å². The summed E-state index contributed by atoms with van der Waals surface area (Å²) >= 11 is 0. The van der Waals surface area contributed by atoms with Crippen LogP contribution in [0.5, 0.6) is 0 Å². The Labute approximate surface area is 101 Å². The normalized spacial score (nSPS) is 16.6. The molecule has 1 saturated carbocycles. The number of methoxy groups -OCH3 is 1. The summed E-state index contributed by atoms with van der Waals surface area (Å²) in [5.74, 6) is -1.09. The third-order valence-electron chi connectivity index (χ3n) is 2.79. The first-order valence-electron chi connectivity index (χ1n) is 5.83. The van der Waals surface area contributed by atoms with Crippen LogP contribution in [0.2, 0.25) is 0 Å². The Bertz CT molecular complexity index is 279. The third kappa shape index (κ3) is 4.70. The van der Waals surface area contributed by atoms with E-state index in [0.29, 0.717) is 13.2 Å². The number of aliphatic carboxylic acids is 1. The van der Waals surface area contributed by atoms with Crippen LogP contribution in [-0.4, -0.2) is 54.2 Å². The van der Waals surface area contributed by atoms with Crippen molar-refractivity contribution in [3.05, 3.63) is 0 Å². The minimum Gasteiger partial charge on any atom is -0.481 e. The van der Waals surface area contributed by atoms with Crippen molar-refractivity contribution >= 4 is 11.9 Å². The first-order chi connectivity index (χ1) is 8.06. The lowest BCUT2D eigenvalue weighted by Gasteiger charge is -2.25. The molecule has 0 aliphatic heterocycles. The summed E-state index contributed by atoms with van der Waals surface area (Å²) in [5.41, 5.74) is 5.71. The molecule has 6 nitrogen and oxygen atoms in total. The monoisotopic (exact) mass is 244 g/mol.